The molecule has 4 atom stereocenters. The Balaban J connectivity index is 1.34. The van der Waals surface area contributed by atoms with Crippen LogP contribution in [0.1, 0.15) is 64.6 Å². The van der Waals surface area contributed by atoms with Crippen molar-refractivity contribution < 1.29 is 14.0 Å². The summed E-state index contributed by atoms with van der Waals surface area (Å²) in [6, 6.07) is 3.33. The molecule has 1 aromatic carbocycles. The van der Waals surface area contributed by atoms with Crippen LogP contribution in [0.2, 0.25) is 0 Å². The second kappa shape index (κ2) is 11.7. The van der Waals surface area contributed by atoms with Crippen molar-refractivity contribution in [3.8, 4) is 11.3 Å². The largest absolute Gasteiger partial charge is 0.318 e. The Labute approximate surface area is 242 Å². The van der Waals surface area contributed by atoms with Crippen LogP contribution in [0.5, 0.6) is 0 Å². The average molecular weight is 593 g/mol. The summed E-state index contributed by atoms with van der Waals surface area (Å²) in [5, 5.41) is 7.10. The summed E-state index contributed by atoms with van der Waals surface area (Å²) in [7, 11) is 5.26. The van der Waals surface area contributed by atoms with Crippen LogP contribution in [0.15, 0.2) is 43.1 Å². The predicted molar refractivity (Wildman–Crippen MR) is 161 cm³/mol. The Kier molecular flexibility index (Phi) is 8.20. The lowest BCUT2D eigenvalue weighted by Gasteiger charge is -2.16. The number of nitrogens with zero attached hydrogens (tertiary/aromatic N) is 7. The molecule has 0 saturated carbocycles. The van der Waals surface area contributed by atoms with Crippen LogP contribution in [0, 0.1) is 25.6 Å². The topological polar surface area (TPSA) is 119 Å². The molecule has 1 fully saturated rings. The van der Waals surface area contributed by atoms with Gasteiger partial charge in [0.25, 0.3) is 5.91 Å². The van der Waals surface area contributed by atoms with Crippen molar-refractivity contribution in [1.29, 1.82) is 0 Å². The minimum Gasteiger partial charge on any atom is -0.318 e. The molecule has 3 unspecified atom stereocenters. The Morgan fingerprint density at radius 3 is 2.51 bits per heavy atom. The van der Waals surface area contributed by atoms with Crippen molar-refractivity contribution in [3.05, 3.63) is 77.0 Å². The molecule has 0 aliphatic carbocycles. The fourth-order valence-electron chi connectivity index (χ4n) is 4.68. The van der Waals surface area contributed by atoms with Crippen molar-refractivity contribution in [2.75, 3.05) is 16.8 Å². The second-order valence-corrected chi connectivity index (χ2v) is 12.4. The van der Waals surface area contributed by atoms with Crippen LogP contribution < -0.4 is 10.2 Å². The van der Waals surface area contributed by atoms with Gasteiger partial charge in [0.15, 0.2) is 0 Å². The fourth-order valence-corrected chi connectivity index (χ4v) is 5.24. The summed E-state index contributed by atoms with van der Waals surface area (Å²) in [5.74, 6) is -0.469. The lowest BCUT2D eigenvalue weighted by Crippen LogP contribution is -2.28. The van der Waals surface area contributed by atoms with E-state index in [4.69, 9.17) is 0 Å². The highest BCUT2D eigenvalue weighted by Gasteiger charge is 2.30. The average Bonchev–Trinajstić information content (AvgIpc) is 3.56. The molecule has 1 saturated heterocycles. The van der Waals surface area contributed by atoms with Gasteiger partial charge in [0.2, 0.25) is 11.9 Å². The van der Waals surface area contributed by atoms with Gasteiger partial charge in [-0.25, -0.2) is 19.3 Å². The summed E-state index contributed by atoms with van der Waals surface area (Å²) in [5.41, 5.74) is 3.56. The summed E-state index contributed by atoms with van der Waals surface area (Å²) >= 11 is 0. The molecule has 1 aliphatic rings. The van der Waals surface area contributed by atoms with Crippen molar-refractivity contribution in [2.24, 2.45) is 5.92 Å². The Morgan fingerprint density at radius 1 is 1.12 bits per heavy atom. The van der Waals surface area contributed by atoms with Gasteiger partial charge < -0.3 is 5.32 Å². The van der Waals surface area contributed by atoms with Crippen molar-refractivity contribution >= 4 is 41.9 Å². The van der Waals surface area contributed by atoms with E-state index in [2.05, 4.69) is 48.8 Å². The van der Waals surface area contributed by atoms with E-state index in [-0.39, 0.29) is 34.7 Å². The summed E-state index contributed by atoms with van der Waals surface area (Å²) in [6.07, 6.45) is 8.86. The highest BCUT2D eigenvalue weighted by Crippen LogP contribution is 2.39. The third-order valence-corrected chi connectivity index (χ3v) is 7.98. The Morgan fingerprint density at radius 2 is 1.85 bits per heavy atom. The smallest absolute Gasteiger partial charge is 0.276 e. The monoisotopic (exact) mass is 592 g/mol. The molecule has 212 valence electrons. The van der Waals surface area contributed by atoms with Gasteiger partial charge in [0, 0.05) is 47.6 Å². The highest BCUT2D eigenvalue weighted by atomic mass is 31.1. The number of halogens is 1. The van der Waals surface area contributed by atoms with Gasteiger partial charge in [-0.15, -0.1) is 18.5 Å². The number of amides is 2. The van der Waals surface area contributed by atoms with E-state index in [9.17, 15) is 9.59 Å². The SMILES string of the molecule is Cc1ccc(C(P)P)c(-c2cnc(C)c(C(=O)Nc3cnn(C(C)c4cnc(N5CC[C@@H](C)C5=O)nc4)c3)n2)c1F. The molecule has 0 spiro atoms. The van der Waals surface area contributed by atoms with E-state index in [1.54, 1.807) is 48.1 Å². The first-order chi connectivity index (χ1) is 19.5. The first-order valence-electron chi connectivity index (χ1n) is 13.2. The molecule has 10 nitrogen and oxygen atoms in total. The van der Waals surface area contributed by atoms with Gasteiger partial charge in [0.1, 0.15) is 11.5 Å². The van der Waals surface area contributed by atoms with Crippen molar-refractivity contribution in [1.82, 2.24) is 29.7 Å². The molecule has 13 heteroatoms. The molecule has 4 heterocycles. The molecule has 5 rings (SSSR count). The van der Waals surface area contributed by atoms with Crippen LogP contribution in [-0.2, 0) is 4.79 Å². The zero-order chi connectivity index (χ0) is 29.4. The Bertz CT molecular complexity index is 1630. The maximum atomic E-state index is 15.2. The summed E-state index contributed by atoms with van der Waals surface area (Å²) < 4.78 is 16.9. The third-order valence-electron chi connectivity index (χ3n) is 7.26. The van der Waals surface area contributed by atoms with E-state index < -0.39 is 11.7 Å². The molecule has 1 N–H and O–H groups in total. The van der Waals surface area contributed by atoms with Gasteiger partial charge in [-0.3, -0.25) is 24.2 Å². The number of carbonyl (C=O) groups is 2. The molecular formula is C28H31FN8O2P2. The molecule has 4 aromatic rings. The third kappa shape index (κ3) is 5.74. The molecule has 1 aliphatic heterocycles. The summed E-state index contributed by atoms with van der Waals surface area (Å²) in [6.45, 7) is 7.81. The first-order valence-corrected chi connectivity index (χ1v) is 14.5. The minimum absolute atomic E-state index is 0.0217. The van der Waals surface area contributed by atoms with E-state index in [1.807, 2.05) is 19.9 Å². The maximum Gasteiger partial charge on any atom is 0.276 e. The van der Waals surface area contributed by atoms with Crippen LogP contribution >= 0.6 is 18.5 Å². The fraction of sp³-hybridized carbons (Fsp3) is 0.321. The van der Waals surface area contributed by atoms with Gasteiger partial charge in [-0.1, -0.05) is 19.1 Å². The molecule has 0 bridgehead atoms. The number of hydrogen-bond donors (Lipinski definition) is 1. The minimum atomic E-state index is -0.482. The first kappa shape index (κ1) is 28.8. The molecule has 41 heavy (non-hydrogen) atoms. The van der Waals surface area contributed by atoms with E-state index in [0.29, 0.717) is 35.0 Å². The second-order valence-electron chi connectivity index (χ2n) is 10.2. The molecular weight excluding hydrogens is 561 g/mol. The van der Waals surface area contributed by atoms with E-state index in [1.165, 1.54) is 12.4 Å². The number of aryl methyl sites for hydroxylation is 2. The van der Waals surface area contributed by atoms with E-state index in [0.717, 1.165) is 17.5 Å². The number of benzene rings is 1. The van der Waals surface area contributed by atoms with Gasteiger partial charge in [-0.05, 0) is 38.3 Å². The highest BCUT2D eigenvalue weighted by molar-refractivity contribution is 7.37. The predicted octanol–water partition coefficient (Wildman–Crippen LogP) is 4.87. The maximum absolute atomic E-state index is 15.2. The number of nitrogens with one attached hydrogen (secondary N) is 1. The standard InChI is InChI=1S/C28H31FN8O2P2/c1-14-5-6-20(27(40)41)22(23(14)29)21-12-30-16(3)24(35-21)25(38)34-19-11-33-37(13-19)17(4)18-9-31-28(32-10-18)36-8-7-15(2)26(36)39/h5-6,9-13,15,17,27H,7-8,40-41H2,1-4H3,(H,34,38)/t15-,17?/m1/s1. The lowest BCUT2D eigenvalue weighted by atomic mass is 10.0. The van der Waals surface area contributed by atoms with E-state index >= 15 is 4.39 Å². The summed E-state index contributed by atoms with van der Waals surface area (Å²) in [4.78, 5) is 44.8. The Hall–Kier alpha value is -3.68. The van der Waals surface area contributed by atoms with Crippen molar-refractivity contribution in [2.45, 2.75) is 45.6 Å². The van der Waals surface area contributed by atoms with Gasteiger partial charge >= 0.3 is 0 Å². The number of rotatable bonds is 7. The van der Waals surface area contributed by atoms with Crippen LogP contribution in [-0.4, -0.2) is 48.1 Å². The van der Waals surface area contributed by atoms with Gasteiger partial charge in [-0.2, -0.15) is 5.10 Å². The molecule has 0 radical (unpaired) electrons. The number of aromatic nitrogens is 6. The van der Waals surface area contributed by atoms with Crippen LogP contribution in [0.4, 0.5) is 16.0 Å². The number of anilines is 2. The number of carbonyl (C=O) groups excluding carboxylic acids is 2. The molecule has 2 amide bonds. The zero-order valence-electron chi connectivity index (χ0n) is 23.2. The quantitative estimate of drug-likeness (QED) is 0.304. The van der Waals surface area contributed by atoms with Crippen molar-refractivity contribution in [3.63, 3.8) is 0 Å². The molecule has 3 aromatic heterocycles. The van der Waals surface area contributed by atoms with Gasteiger partial charge in [0.05, 0.1) is 35.5 Å². The van der Waals surface area contributed by atoms with Crippen LogP contribution in [0.25, 0.3) is 11.3 Å². The number of hydrogen-bond acceptors (Lipinski definition) is 7. The normalized spacial score (nSPS) is 16.0. The van der Waals surface area contributed by atoms with Crippen LogP contribution in [0.3, 0.4) is 0 Å². The lowest BCUT2D eigenvalue weighted by molar-refractivity contribution is -0.119. The zero-order valence-corrected chi connectivity index (χ0v) is 25.5.